The van der Waals surface area contributed by atoms with Gasteiger partial charge in [-0.15, -0.1) is 0 Å². The molecule has 1 aromatic rings. The minimum absolute atomic E-state index is 0.0739. The van der Waals surface area contributed by atoms with Gasteiger partial charge in [-0.1, -0.05) is 29.8 Å². The van der Waals surface area contributed by atoms with Crippen molar-refractivity contribution in [3.63, 3.8) is 0 Å². The van der Waals surface area contributed by atoms with Crippen LogP contribution in [0.1, 0.15) is 24.0 Å². The van der Waals surface area contributed by atoms with Gasteiger partial charge in [-0.3, -0.25) is 9.69 Å². The first-order valence-electron chi connectivity index (χ1n) is 7.98. The fourth-order valence-corrected chi connectivity index (χ4v) is 3.00. The molecule has 3 rings (SSSR count). The van der Waals surface area contributed by atoms with E-state index in [2.05, 4.69) is 41.4 Å². The lowest BCUT2D eigenvalue weighted by atomic mass is 10.0. The number of rotatable bonds is 4. The predicted molar refractivity (Wildman–Crippen MR) is 83.3 cm³/mol. The maximum Gasteiger partial charge on any atom is 0.234 e. The molecule has 2 saturated heterocycles. The standard InChI is InChI=1S/C17H24N2O3/c1-14-2-4-15(5-3-14)12-18-16(20)13-19-8-6-17(7-9-19)21-10-11-22-17/h2-5H,6-13H2,1H3,(H,18,20). The maximum atomic E-state index is 12.0. The van der Waals surface area contributed by atoms with E-state index in [4.69, 9.17) is 9.47 Å². The zero-order chi connectivity index (χ0) is 15.4. The van der Waals surface area contributed by atoms with E-state index in [9.17, 15) is 4.79 Å². The second-order valence-electron chi connectivity index (χ2n) is 6.15. The molecule has 0 aromatic heterocycles. The summed E-state index contributed by atoms with van der Waals surface area (Å²) in [5.74, 6) is -0.292. The van der Waals surface area contributed by atoms with Crippen LogP contribution in [0.4, 0.5) is 0 Å². The topological polar surface area (TPSA) is 50.8 Å². The number of amides is 1. The summed E-state index contributed by atoms with van der Waals surface area (Å²) in [7, 11) is 0. The molecule has 1 amide bonds. The van der Waals surface area contributed by atoms with Gasteiger partial charge >= 0.3 is 0 Å². The Kier molecular flexibility index (Phi) is 4.76. The molecule has 0 saturated carbocycles. The first-order chi connectivity index (χ1) is 10.7. The van der Waals surface area contributed by atoms with Crippen LogP contribution < -0.4 is 5.32 Å². The molecule has 0 radical (unpaired) electrons. The van der Waals surface area contributed by atoms with Crippen LogP contribution in [0.2, 0.25) is 0 Å². The van der Waals surface area contributed by atoms with Crippen molar-refractivity contribution in [2.24, 2.45) is 0 Å². The molecule has 2 aliphatic heterocycles. The number of ether oxygens (including phenoxy) is 2. The Morgan fingerprint density at radius 3 is 2.45 bits per heavy atom. The van der Waals surface area contributed by atoms with Crippen LogP contribution in [0.3, 0.4) is 0 Å². The number of carbonyl (C=O) groups excluding carboxylic acids is 1. The zero-order valence-electron chi connectivity index (χ0n) is 13.1. The zero-order valence-corrected chi connectivity index (χ0v) is 13.1. The Labute approximate surface area is 131 Å². The van der Waals surface area contributed by atoms with Gasteiger partial charge in [-0.2, -0.15) is 0 Å². The first-order valence-corrected chi connectivity index (χ1v) is 7.98. The van der Waals surface area contributed by atoms with Crippen LogP contribution in [-0.2, 0) is 20.8 Å². The van der Waals surface area contributed by atoms with Crippen molar-refractivity contribution in [2.75, 3.05) is 32.8 Å². The van der Waals surface area contributed by atoms with E-state index in [-0.39, 0.29) is 11.7 Å². The average Bonchev–Trinajstić information content (AvgIpc) is 2.98. The number of likely N-dealkylation sites (tertiary alicyclic amines) is 1. The lowest BCUT2D eigenvalue weighted by Gasteiger charge is -2.37. The Hall–Kier alpha value is -1.43. The fourth-order valence-electron chi connectivity index (χ4n) is 3.00. The van der Waals surface area contributed by atoms with Crippen LogP contribution >= 0.6 is 0 Å². The Morgan fingerprint density at radius 1 is 1.18 bits per heavy atom. The molecule has 1 N–H and O–H groups in total. The summed E-state index contributed by atoms with van der Waals surface area (Å²) in [6, 6.07) is 8.23. The van der Waals surface area contributed by atoms with Crippen molar-refractivity contribution >= 4 is 5.91 Å². The number of aryl methyl sites for hydroxylation is 1. The highest BCUT2D eigenvalue weighted by Gasteiger charge is 2.39. The second kappa shape index (κ2) is 6.77. The third-order valence-corrected chi connectivity index (χ3v) is 4.41. The van der Waals surface area contributed by atoms with Crippen molar-refractivity contribution in [3.05, 3.63) is 35.4 Å². The Balaban J connectivity index is 1.40. The monoisotopic (exact) mass is 304 g/mol. The van der Waals surface area contributed by atoms with Crippen LogP contribution in [0.25, 0.3) is 0 Å². The van der Waals surface area contributed by atoms with Crippen LogP contribution in [-0.4, -0.2) is 49.4 Å². The number of carbonyl (C=O) groups is 1. The van der Waals surface area contributed by atoms with Gasteiger partial charge < -0.3 is 14.8 Å². The summed E-state index contributed by atoms with van der Waals surface area (Å²) >= 11 is 0. The molecule has 0 unspecified atom stereocenters. The quantitative estimate of drug-likeness (QED) is 0.915. The molecule has 1 spiro atoms. The third-order valence-electron chi connectivity index (χ3n) is 4.41. The normalized spacial score (nSPS) is 21.1. The van der Waals surface area contributed by atoms with E-state index in [1.54, 1.807) is 0 Å². The summed E-state index contributed by atoms with van der Waals surface area (Å²) in [4.78, 5) is 14.2. The van der Waals surface area contributed by atoms with E-state index >= 15 is 0 Å². The lowest BCUT2D eigenvalue weighted by molar-refractivity contribution is -0.185. The summed E-state index contributed by atoms with van der Waals surface area (Å²) in [6.07, 6.45) is 1.69. The van der Waals surface area contributed by atoms with Crippen molar-refractivity contribution in [3.8, 4) is 0 Å². The molecular weight excluding hydrogens is 280 g/mol. The van der Waals surface area contributed by atoms with Gasteiger partial charge in [-0.25, -0.2) is 0 Å². The summed E-state index contributed by atoms with van der Waals surface area (Å²) in [5, 5.41) is 2.98. The van der Waals surface area contributed by atoms with E-state index in [0.717, 1.165) is 31.5 Å². The molecule has 2 aliphatic rings. The molecule has 0 aliphatic carbocycles. The van der Waals surface area contributed by atoms with Gasteiger partial charge in [0.2, 0.25) is 5.91 Å². The largest absolute Gasteiger partial charge is 0.351 e. The highest BCUT2D eigenvalue weighted by molar-refractivity contribution is 5.78. The summed E-state index contributed by atoms with van der Waals surface area (Å²) in [5.41, 5.74) is 2.36. The van der Waals surface area contributed by atoms with Crippen molar-refractivity contribution in [1.82, 2.24) is 10.2 Å². The molecule has 0 atom stereocenters. The fraction of sp³-hybridized carbons (Fsp3) is 0.588. The lowest BCUT2D eigenvalue weighted by Crippen LogP contribution is -2.48. The highest BCUT2D eigenvalue weighted by atomic mass is 16.7. The molecule has 5 heteroatoms. The molecular formula is C17H24N2O3. The van der Waals surface area contributed by atoms with E-state index in [1.165, 1.54) is 5.56 Å². The van der Waals surface area contributed by atoms with Gasteiger partial charge in [-0.05, 0) is 12.5 Å². The number of piperidine rings is 1. The SMILES string of the molecule is Cc1ccc(CNC(=O)CN2CCC3(CC2)OCCO3)cc1. The number of nitrogens with one attached hydrogen (secondary N) is 1. The van der Waals surface area contributed by atoms with E-state index in [0.29, 0.717) is 26.3 Å². The van der Waals surface area contributed by atoms with Gasteiger partial charge in [0.05, 0.1) is 19.8 Å². The summed E-state index contributed by atoms with van der Waals surface area (Å²) < 4.78 is 11.4. The van der Waals surface area contributed by atoms with Crippen molar-refractivity contribution < 1.29 is 14.3 Å². The minimum atomic E-state index is -0.366. The number of hydrogen-bond donors (Lipinski definition) is 1. The number of benzene rings is 1. The van der Waals surface area contributed by atoms with E-state index in [1.807, 2.05) is 0 Å². The number of hydrogen-bond acceptors (Lipinski definition) is 4. The molecule has 2 heterocycles. The third kappa shape index (κ3) is 3.85. The van der Waals surface area contributed by atoms with Crippen LogP contribution in [0, 0.1) is 6.92 Å². The molecule has 22 heavy (non-hydrogen) atoms. The predicted octanol–water partition coefficient (Wildman–Crippen LogP) is 1.45. The molecule has 0 bridgehead atoms. The van der Waals surface area contributed by atoms with Crippen molar-refractivity contribution in [2.45, 2.75) is 32.1 Å². The van der Waals surface area contributed by atoms with Crippen LogP contribution in [0.15, 0.2) is 24.3 Å². The Morgan fingerprint density at radius 2 is 1.82 bits per heavy atom. The molecule has 5 nitrogen and oxygen atoms in total. The van der Waals surface area contributed by atoms with Gasteiger partial charge in [0.25, 0.3) is 0 Å². The smallest absolute Gasteiger partial charge is 0.234 e. The van der Waals surface area contributed by atoms with Gasteiger partial charge in [0.15, 0.2) is 5.79 Å². The van der Waals surface area contributed by atoms with Crippen LogP contribution in [0.5, 0.6) is 0 Å². The second-order valence-corrected chi connectivity index (χ2v) is 6.15. The maximum absolute atomic E-state index is 12.0. The minimum Gasteiger partial charge on any atom is -0.351 e. The van der Waals surface area contributed by atoms with Crippen molar-refractivity contribution in [1.29, 1.82) is 0 Å². The average molecular weight is 304 g/mol. The molecule has 1 aromatic carbocycles. The van der Waals surface area contributed by atoms with Gasteiger partial charge in [0, 0.05) is 32.5 Å². The van der Waals surface area contributed by atoms with E-state index < -0.39 is 0 Å². The highest BCUT2D eigenvalue weighted by Crippen LogP contribution is 2.30. The van der Waals surface area contributed by atoms with Gasteiger partial charge in [0.1, 0.15) is 0 Å². The first kappa shape index (κ1) is 15.5. The molecule has 120 valence electrons. The Bertz CT molecular complexity index is 499. The number of nitrogens with zero attached hydrogens (tertiary/aromatic N) is 1. The molecule has 2 fully saturated rings. The summed E-state index contributed by atoms with van der Waals surface area (Å²) in [6.45, 7) is 6.16.